The summed E-state index contributed by atoms with van der Waals surface area (Å²) >= 11 is 0. The molecule has 1 aliphatic rings. The zero-order chi connectivity index (χ0) is 12.9. The van der Waals surface area contributed by atoms with Gasteiger partial charge in [0.05, 0.1) is 6.20 Å². The summed E-state index contributed by atoms with van der Waals surface area (Å²) in [6.45, 7) is 1.10. The maximum atomic E-state index is 4.43. The smallest absolute Gasteiger partial charge is 0.150 e. The van der Waals surface area contributed by atoms with Crippen molar-refractivity contribution in [3.63, 3.8) is 0 Å². The molecule has 3 heterocycles. The molecule has 5 nitrogen and oxygen atoms in total. The molecule has 0 amide bonds. The van der Waals surface area contributed by atoms with Gasteiger partial charge in [-0.15, -0.1) is 0 Å². The fourth-order valence-corrected chi connectivity index (χ4v) is 2.32. The second-order valence-electron chi connectivity index (χ2n) is 4.69. The summed E-state index contributed by atoms with van der Waals surface area (Å²) in [7, 11) is 0. The number of anilines is 2. The minimum Gasteiger partial charge on any atom is -0.324 e. The molecule has 0 aliphatic carbocycles. The van der Waals surface area contributed by atoms with Crippen LogP contribution < -0.4 is 10.6 Å². The second-order valence-corrected chi connectivity index (χ2v) is 4.69. The molecule has 0 spiro atoms. The number of nitrogens with zero attached hydrogens (tertiary/aromatic N) is 3. The first-order chi connectivity index (χ1) is 9.42. The zero-order valence-corrected chi connectivity index (χ0v) is 10.7. The van der Waals surface area contributed by atoms with Gasteiger partial charge in [0.25, 0.3) is 0 Å². The summed E-state index contributed by atoms with van der Waals surface area (Å²) in [5.74, 6) is 1.50. The Bertz CT molecular complexity index is 505. The van der Waals surface area contributed by atoms with E-state index in [4.69, 9.17) is 0 Å². The lowest BCUT2D eigenvalue weighted by Gasteiger charge is -2.23. The van der Waals surface area contributed by atoms with Crippen molar-refractivity contribution >= 4 is 11.6 Å². The van der Waals surface area contributed by atoms with Crippen molar-refractivity contribution in [1.29, 1.82) is 0 Å². The van der Waals surface area contributed by atoms with E-state index in [1.165, 1.54) is 24.8 Å². The minimum absolute atomic E-state index is 0.451. The molecule has 2 aromatic heterocycles. The summed E-state index contributed by atoms with van der Waals surface area (Å²) in [4.78, 5) is 12.6. The Hall–Kier alpha value is -2.01. The van der Waals surface area contributed by atoms with Gasteiger partial charge >= 0.3 is 0 Å². The van der Waals surface area contributed by atoms with Gasteiger partial charge < -0.3 is 10.6 Å². The van der Waals surface area contributed by atoms with Crippen molar-refractivity contribution in [3.05, 3.63) is 42.5 Å². The van der Waals surface area contributed by atoms with Crippen LogP contribution in [0.25, 0.3) is 0 Å². The van der Waals surface area contributed by atoms with Gasteiger partial charge in [0.2, 0.25) is 0 Å². The first-order valence-corrected chi connectivity index (χ1v) is 6.64. The van der Waals surface area contributed by atoms with E-state index in [9.17, 15) is 0 Å². The Morgan fingerprint density at radius 3 is 2.74 bits per heavy atom. The fourth-order valence-electron chi connectivity index (χ4n) is 2.32. The van der Waals surface area contributed by atoms with Gasteiger partial charge in [0.15, 0.2) is 0 Å². The van der Waals surface area contributed by atoms with Gasteiger partial charge in [0.1, 0.15) is 11.6 Å². The summed E-state index contributed by atoms with van der Waals surface area (Å²) in [5, 5.41) is 6.65. The SMILES string of the molecule is c1cnc(Nc2ccc([C@@H]3CCCCN3)cn2)cn1. The second kappa shape index (κ2) is 5.75. The monoisotopic (exact) mass is 255 g/mol. The third kappa shape index (κ3) is 3.06. The van der Waals surface area contributed by atoms with Gasteiger partial charge in [-0.1, -0.05) is 12.5 Å². The van der Waals surface area contributed by atoms with Crippen LogP contribution in [-0.4, -0.2) is 21.5 Å². The molecule has 1 fully saturated rings. The van der Waals surface area contributed by atoms with Crippen molar-refractivity contribution in [2.45, 2.75) is 25.3 Å². The van der Waals surface area contributed by atoms with Crippen LogP contribution >= 0.6 is 0 Å². The van der Waals surface area contributed by atoms with Crippen LogP contribution in [0.15, 0.2) is 36.9 Å². The topological polar surface area (TPSA) is 62.7 Å². The standard InChI is InChI=1S/C14H17N5/c1-2-6-16-12(3-1)11-4-5-13(18-9-11)19-14-10-15-7-8-17-14/h4-5,7-10,12,16H,1-3,6H2,(H,17,18,19)/t12-/m0/s1. The van der Waals surface area contributed by atoms with Gasteiger partial charge in [-0.3, -0.25) is 4.98 Å². The molecule has 0 aromatic carbocycles. The molecule has 0 saturated carbocycles. The van der Waals surface area contributed by atoms with E-state index in [2.05, 4.69) is 31.7 Å². The minimum atomic E-state index is 0.451. The fraction of sp³-hybridized carbons (Fsp3) is 0.357. The van der Waals surface area contributed by atoms with Crippen molar-refractivity contribution in [3.8, 4) is 0 Å². The Kier molecular flexibility index (Phi) is 3.65. The average Bonchev–Trinajstić information content (AvgIpc) is 2.50. The molecule has 2 N–H and O–H groups in total. The van der Waals surface area contributed by atoms with Crippen LogP contribution in [0.3, 0.4) is 0 Å². The third-order valence-electron chi connectivity index (χ3n) is 3.32. The molecule has 2 aromatic rings. The average molecular weight is 255 g/mol. The van der Waals surface area contributed by atoms with Crippen LogP contribution in [0.4, 0.5) is 11.6 Å². The maximum absolute atomic E-state index is 4.43. The lowest BCUT2D eigenvalue weighted by Crippen LogP contribution is -2.26. The van der Waals surface area contributed by atoms with E-state index < -0.39 is 0 Å². The van der Waals surface area contributed by atoms with E-state index in [0.717, 1.165) is 12.4 Å². The van der Waals surface area contributed by atoms with Crippen LogP contribution in [0.1, 0.15) is 30.9 Å². The van der Waals surface area contributed by atoms with Gasteiger partial charge in [-0.2, -0.15) is 0 Å². The molecule has 98 valence electrons. The largest absolute Gasteiger partial charge is 0.324 e. The van der Waals surface area contributed by atoms with Crippen molar-refractivity contribution < 1.29 is 0 Å². The van der Waals surface area contributed by atoms with E-state index in [-0.39, 0.29) is 0 Å². The summed E-state index contributed by atoms with van der Waals surface area (Å²) in [6, 6.07) is 4.56. The number of nitrogens with one attached hydrogen (secondary N) is 2. The van der Waals surface area contributed by atoms with E-state index in [0.29, 0.717) is 11.9 Å². The Labute approximate surface area is 112 Å². The highest BCUT2D eigenvalue weighted by molar-refractivity contribution is 5.50. The normalized spacial score (nSPS) is 19.1. The molecule has 1 saturated heterocycles. The van der Waals surface area contributed by atoms with E-state index >= 15 is 0 Å². The van der Waals surface area contributed by atoms with Gasteiger partial charge in [-0.05, 0) is 31.0 Å². The predicted octanol–water partition coefficient (Wildman–Crippen LogP) is 2.43. The van der Waals surface area contributed by atoms with E-state index in [1.807, 2.05) is 12.3 Å². The van der Waals surface area contributed by atoms with E-state index in [1.54, 1.807) is 18.6 Å². The lowest BCUT2D eigenvalue weighted by molar-refractivity contribution is 0.411. The summed E-state index contributed by atoms with van der Waals surface area (Å²) < 4.78 is 0. The summed E-state index contributed by atoms with van der Waals surface area (Å²) in [6.07, 6.45) is 10.7. The van der Waals surface area contributed by atoms with Crippen molar-refractivity contribution in [2.24, 2.45) is 0 Å². The zero-order valence-electron chi connectivity index (χ0n) is 10.7. The third-order valence-corrected chi connectivity index (χ3v) is 3.32. The molecular formula is C14H17N5. The molecule has 1 atom stereocenters. The molecule has 0 bridgehead atoms. The summed E-state index contributed by atoms with van der Waals surface area (Å²) in [5.41, 5.74) is 1.25. The first-order valence-electron chi connectivity index (χ1n) is 6.64. The maximum Gasteiger partial charge on any atom is 0.150 e. The predicted molar refractivity (Wildman–Crippen MR) is 74.1 cm³/mol. The van der Waals surface area contributed by atoms with Crippen LogP contribution in [-0.2, 0) is 0 Å². The molecule has 5 heteroatoms. The quantitative estimate of drug-likeness (QED) is 0.882. The van der Waals surface area contributed by atoms with Crippen LogP contribution in [0.5, 0.6) is 0 Å². The first kappa shape index (κ1) is 12.0. The highest BCUT2D eigenvalue weighted by Crippen LogP contribution is 2.23. The molecule has 1 aliphatic heterocycles. The number of pyridine rings is 1. The van der Waals surface area contributed by atoms with Crippen molar-refractivity contribution in [1.82, 2.24) is 20.3 Å². The molecule has 19 heavy (non-hydrogen) atoms. The van der Waals surface area contributed by atoms with Crippen LogP contribution in [0, 0.1) is 0 Å². The Balaban J connectivity index is 1.68. The number of hydrogen-bond acceptors (Lipinski definition) is 5. The Morgan fingerprint density at radius 1 is 1.05 bits per heavy atom. The van der Waals surface area contributed by atoms with Gasteiger partial charge in [-0.25, -0.2) is 9.97 Å². The number of hydrogen-bond donors (Lipinski definition) is 2. The molecule has 0 radical (unpaired) electrons. The van der Waals surface area contributed by atoms with Crippen molar-refractivity contribution in [2.75, 3.05) is 11.9 Å². The molecule has 0 unspecified atom stereocenters. The molecule has 3 rings (SSSR count). The Morgan fingerprint density at radius 2 is 2.05 bits per heavy atom. The number of piperidine rings is 1. The van der Waals surface area contributed by atoms with Gasteiger partial charge in [0, 0.05) is 24.6 Å². The highest BCUT2D eigenvalue weighted by Gasteiger charge is 2.14. The highest BCUT2D eigenvalue weighted by atomic mass is 15.1. The number of aromatic nitrogens is 3. The lowest BCUT2D eigenvalue weighted by atomic mass is 9.99. The number of rotatable bonds is 3. The molecular weight excluding hydrogens is 238 g/mol. The van der Waals surface area contributed by atoms with Crippen LogP contribution in [0.2, 0.25) is 0 Å².